The van der Waals surface area contributed by atoms with Crippen LogP contribution in [-0.4, -0.2) is 11.0 Å². The van der Waals surface area contributed by atoms with Gasteiger partial charge >= 0.3 is 5.00 Å². The van der Waals surface area contributed by atoms with Gasteiger partial charge in [-0.25, -0.2) is 0 Å². The number of hydrogen-bond acceptors (Lipinski definition) is 4. The average molecular weight is 242 g/mol. The molecular formula is C11H18N2O2S. The van der Waals surface area contributed by atoms with Crippen LogP contribution in [0.5, 0.6) is 0 Å². The molecule has 90 valence electrons. The summed E-state index contributed by atoms with van der Waals surface area (Å²) in [7, 11) is 0. The molecular weight excluding hydrogens is 224 g/mol. The highest BCUT2D eigenvalue weighted by Crippen LogP contribution is 2.22. The maximum absolute atomic E-state index is 10.5. The maximum atomic E-state index is 10.5. The van der Waals surface area contributed by atoms with E-state index in [0.29, 0.717) is 6.04 Å². The molecule has 0 aliphatic heterocycles. The second-order valence-corrected chi connectivity index (χ2v) is 4.86. The van der Waals surface area contributed by atoms with Gasteiger partial charge in [-0.1, -0.05) is 31.1 Å². The Labute approximate surface area is 99.8 Å². The van der Waals surface area contributed by atoms with Gasteiger partial charge in [0.1, 0.15) is 0 Å². The fourth-order valence-corrected chi connectivity index (χ4v) is 2.18. The van der Waals surface area contributed by atoms with E-state index in [1.54, 1.807) is 6.07 Å². The molecule has 0 fully saturated rings. The van der Waals surface area contributed by atoms with Crippen LogP contribution in [0.25, 0.3) is 0 Å². The lowest BCUT2D eigenvalue weighted by Crippen LogP contribution is -2.24. The first-order valence-electron chi connectivity index (χ1n) is 5.58. The summed E-state index contributed by atoms with van der Waals surface area (Å²) in [6, 6.07) is 2.11. The zero-order valence-electron chi connectivity index (χ0n) is 9.73. The molecule has 1 unspecified atom stereocenters. The van der Waals surface area contributed by atoms with E-state index in [9.17, 15) is 10.1 Å². The van der Waals surface area contributed by atoms with Gasteiger partial charge in [-0.3, -0.25) is 10.1 Å². The number of nitro groups is 1. The monoisotopic (exact) mass is 242 g/mol. The lowest BCUT2D eigenvalue weighted by molar-refractivity contribution is -0.380. The predicted molar refractivity (Wildman–Crippen MR) is 66.8 cm³/mol. The van der Waals surface area contributed by atoms with E-state index in [-0.39, 0.29) is 9.92 Å². The molecule has 0 spiro atoms. The van der Waals surface area contributed by atoms with Gasteiger partial charge < -0.3 is 5.32 Å². The van der Waals surface area contributed by atoms with Crippen molar-refractivity contribution in [2.45, 2.75) is 45.7 Å². The highest BCUT2D eigenvalue weighted by Gasteiger charge is 2.09. The normalized spacial score (nSPS) is 12.6. The summed E-state index contributed by atoms with van der Waals surface area (Å²) >= 11 is 1.19. The molecule has 1 rings (SSSR count). The van der Waals surface area contributed by atoms with E-state index in [0.717, 1.165) is 18.5 Å². The topological polar surface area (TPSA) is 55.2 Å². The van der Waals surface area contributed by atoms with Gasteiger partial charge in [0.2, 0.25) is 0 Å². The van der Waals surface area contributed by atoms with Crippen molar-refractivity contribution >= 4 is 16.3 Å². The molecule has 1 N–H and O–H groups in total. The summed E-state index contributed by atoms with van der Waals surface area (Å²) in [6.45, 7) is 5.04. The van der Waals surface area contributed by atoms with Crippen molar-refractivity contribution in [3.63, 3.8) is 0 Å². The highest BCUT2D eigenvalue weighted by atomic mass is 32.1. The minimum atomic E-state index is -0.339. The Bertz CT molecular complexity index is 338. The lowest BCUT2D eigenvalue weighted by Gasteiger charge is -2.11. The molecule has 0 aromatic carbocycles. The zero-order chi connectivity index (χ0) is 12.0. The first kappa shape index (κ1) is 13.1. The Morgan fingerprint density at radius 3 is 2.94 bits per heavy atom. The first-order valence-corrected chi connectivity index (χ1v) is 6.46. The number of unbranched alkanes of at least 4 members (excludes halogenated alkanes) is 1. The van der Waals surface area contributed by atoms with Crippen LogP contribution in [0.15, 0.2) is 11.4 Å². The van der Waals surface area contributed by atoms with E-state index < -0.39 is 0 Å². The SMILES string of the molecule is CCCCC(C)NCc1csc([N+](=O)[O-])c1. The van der Waals surface area contributed by atoms with Crippen molar-refractivity contribution in [2.75, 3.05) is 0 Å². The summed E-state index contributed by atoms with van der Waals surface area (Å²) < 4.78 is 0. The van der Waals surface area contributed by atoms with Gasteiger partial charge in [0.15, 0.2) is 0 Å². The molecule has 1 heterocycles. The largest absolute Gasteiger partial charge is 0.324 e. The third-order valence-corrected chi connectivity index (χ3v) is 3.39. The summed E-state index contributed by atoms with van der Waals surface area (Å²) in [5, 5.41) is 15.9. The Kier molecular flexibility index (Phi) is 5.42. The van der Waals surface area contributed by atoms with Crippen LogP contribution in [0.2, 0.25) is 0 Å². The van der Waals surface area contributed by atoms with Crippen molar-refractivity contribution in [2.24, 2.45) is 0 Å². The summed E-state index contributed by atoms with van der Waals surface area (Å²) in [5.41, 5.74) is 1.00. The number of hydrogen-bond donors (Lipinski definition) is 1. The van der Waals surface area contributed by atoms with Crippen molar-refractivity contribution in [1.82, 2.24) is 5.32 Å². The summed E-state index contributed by atoms with van der Waals surface area (Å²) in [5.74, 6) is 0. The maximum Gasteiger partial charge on any atom is 0.324 e. The van der Waals surface area contributed by atoms with Crippen molar-refractivity contribution in [3.8, 4) is 0 Å². The molecule has 1 aromatic heterocycles. The van der Waals surface area contributed by atoms with Gasteiger partial charge in [-0.15, -0.1) is 0 Å². The quantitative estimate of drug-likeness (QED) is 0.589. The Hall–Kier alpha value is -0.940. The number of nitrogens with one attached hydrogen (secondary N) is 1. The molecule has 0 aliphatic rings. The zero-order valence-corrected chi connectivity index (χ0v) is 10.5. The molecule has 4 nitrogen and oxygen atoms in total. The van der Waals surface area contributed by atoms with Gasteiger partial charge in [-0.05, 0) is 18.9 Å². The third-order valence-electron chi connectivity index (χ3n) is 2.47. The third kappa shape index (κ3) is 4.28. The smallest absolute Gasteiger partial charge is 0.310 e. The highest BCUT2D eigenvalue weighted by molar-refractivity contribution is 7.13. The number of nitrogens with zero attached hydrogens (tertiary/aromatic N) is 1. The Balaban J connectivity index is 2.33. The molecule has 16 heavy (non-hydrogen) atoms. The van der Waals surface area contributed by atoms with Crippen LogP contribution < -0.4 is 5.32 Å². The van der Waals surface area contributed by atoms with Crippen LogP contribution >= 0.6 is 11.3 Å². The second kappa shape index (κ2) is 6.60. The van der Waals surface area contributed by atoms with Crippen LogP contribution in [0.3, 0.4) is 0 Å². The van der Waals surface area contributed by atoms with Crippen LogP contribution in [0.4, 0.5) is 5.00 Å². The number of thiophene rings is 1. The number of rotatable bonds is 7. The minimum Gasteiger partial charge on any atom is -0.310 e. The van der Waals surface area contributed by atoms with E-state index >= 15 is 0 Å². The van der Waals surface area contributed by atoms with Gasteiger partial charge in [-0.2, -0.15) is 0 Å². The van der Waals surface area contributed by atoms with E-state index in [2.05, 4.69) is 19.2 Å². The van der Waals surface area contributed by atoms with Crippen LogP contribution in [-0.2, 0) is 6.54 Å². The predicted octanol–water partition coefficient (Wildman–Crippen LogP) is 3.32. The first-order chi connectivity index (χ1) is 7.63. The summed E-state index contributed by atoms with van der Waals surface area (Å²) in [4.78, 5) is 10.2. The fourth-order valence-electron chi connectivity index (χ4n) is 1.46. The van der Waals surface area contributed by atoms with Crippen molar-refractivity contribution in [1.29, 1.82) is 0 Å². The molecule has 0 saturated heterocycles. The molecule has 5 heteroatoms. The Morgan fingerprint density at radius 1 is 1.62 bits per heavy atom. The Morgan fingerprint density at radius 2 is 2.38 bits per heavy atom. The minimum absolute atomic E-state index is 0.220. The molecule has 0 bridgehead atoms. The molecule has 0 saturated carbocycles. The molecule has 0 radical (unpaired) electrons. The second-order valence-electron chi connectivity index (χ2n) is 3.97. The standard InChI is InChI=1S/C11H18N2O2S/c1-3-4-5-9(2)12-7-10-6-11(13(14)15)16-8-10/h6,8-9,12H,3-5,7H2,1-2H3. The van der Waals surface area contributed by atoms with Crippen LogP contribution in [0.1, 0.15) is 38.7 Å². The lowest BCUT2D eigenvalue weighted by atomic mass is 10.1. The van der Waals surface area contributed by atoms with Crippen molar-refractivity contribution in [3.05, 3.63) is 27.1 Å². The average Bonchev–Trinajstić information content (AvgIpc) is 2.72. The summed E-state index contributed by atoms with van der Waals surface area (Å²) in [6.07, 6.45) is 3.58. The van der Waals surface area contributed by atoms with Crippen LogP contribution in [0, 0.1) is 10.1 Å². The van der Waals surface area contributed by atoms with Gasteiger partial charge in [0.25, 0.3) is 0 Å². The van der Waals surface area contributed by atoms with Gasteiger partial charge in [0, 0.05) is 24.0 Å². The molecule has 0 aliphatic carbocycles. The fraction of sp³-hybridized carbons (Fsp3) is 0.636. The van der Waals surface area contributed by atoms with E-state index in [4.69, 9.17) is 0 Å². The van der Waals surface area contributed by atoms with Gasteiger partial charge in [0.05, 0.1) is 4.92 Å². The van der Waals surface area contributed by atoms with E-state index in [1.807, 2.05) is 5.38 Å². The molecule has 0 amide bonds. The molecule has 1 atom stereocenters. The molecule has 1 aromatic rings. The van der Waals surface area contributed by atoms with Crippen molar-refractivity contribution < 1.29 is 4.92 Å². The van der Waals surface area contributed by atoms with E-state index in [1.165, 1.54) is 24.2 Å².